The van der Waals surface area contributed by atoms with E-state index in [-0.39, 0.29) is 42.8 Å². The Morgan fingerprint density at radius 1 is 1.11 bits per heavy atom. The Labute approximate surface area is 138 Å². The minimum atomic E-state index is -1.58. The summed E-state index contributed by atoms with van der Waals surface area (Å²) in [5.41, 5.74) is -1.58. The largest absolute Gasteiger partial charge is 1.00 e. The number of carboxylic acid groups (broad SMARTS) is 2. The zero-order valence-electron chi connectivity index (χ0n) is 13.3. The predicted octanol–water partition coefficient (Wildman–Crippen LogP) is 0.275. The van der Waals surface area contributed by atoms with Crippen molar-refractivity contribution in [1.29, 1.82) is 0 Å². The van der Waals surface area contributed by atoms with E-state index in [0.717, 1.165) is 32.1 Å². The van der Waals surface area contributed by atoms with Crippen LogP contribution in [0, 0.1) is 17.3 Å². The molecule has 0 radical (unpaired) electrons. The average molecular weight is 280 g/mol. The summed E-state index contributed by atoms with van der Waals surface area (Å²) in [4.78, 5) is 23.5. The first-order valence-corrected chi connectivity index (χ1v) is 6.98. The van der Waals surface area contributed by atoms with Gasteiger partial charge in [-0.05, 0) is 24.7 Å². The first kappa shape index (κ1) is 18.9. The quantitative estimate of drug-likeness (QED) is 0.541. The molecular weight excluding hydrogens is 255 g/mol. The van der Waals surface area contributed by atoms with Crippen LogP contribution in [0.15, 0.2) is 0 Å². The minimum Gasteiger partial charge on any atom is -1.00 e. The zero-order valence-corrected chi connectivity index (χ0v) is 14.3. The molecule has 1 aliphatic carbocycles. The van der Waals surface area contributed by atoms with Crippen LogP contribution < -0.4 is 29.6 Å². The fourth-order valence-electron chi connectivity index (χ4n) is 3.61. The maximum atomic E-state index is 11.7. The van der Waals surface area contributed by atoms with Gasteiger partial charge >= 0.3 is 41.5 Å². The van der Waals surface area contributed by atoms with Crippen molar-refractivity contribution in [2.75, 3.05) is 0 Å². The minimum absolute atomic E-state index is 0. The van der Waals surface area contributed by atoms with Gasteiger partial charge in [0.15, 0.2) is 5.41 Å². The Hall–Kier alpha value is -0.0600. The van der Waals surface area contributed by atoms with Gasteiger partial charge in [-0.3, -0.25) is 9.59 Å². The van der Waals surface area contributed by atoms with E-state index in [1.54, 1.807) is 0 Å². The molecule has 0 aliphatic heterocycles. The predicted molar refractivity (Wildman–Crippen MR) is 69.5 cm³/mol. The number of carboxylic acids is 2. The van der Waals surface area contributed by atoms with E-state index in [2.05, 4.69) is 0 Å². The summed E-state index contributed by atoms with van der Waals surface area (Å²) in [6, 6.07) is 0. The van der Waals surface area contributed by atoms with E-state index in [0.29, 0.717) is 12.8 Å². The summed E-state index contributed by atoms with van der Waals surface area (Å²) in [5, 5.41) is 19.2. The van der Waals surface area contributed by atoms with Gasteiger partial charge in [0.1, 0.15) is 0 Å². The average Bonchev–Trinajstić information content (AvgIpc) is 2.35. The third kappa shape index (κ3) is 3.53. The zero-order chi connectivity index (χ0) is 13.8. The maximum absolute atomic E-state index is 11.7. The molecular formula is C14H25NaO4. The fourth-order valence-corrected chi connectivity index (χ4v) is 3.61. The maximum Gasteiger partial charge on any atom is 1.00 e. The van der Waals surface area contributed by atoms with Crippen LogP contribution in [-0.2, 0) is 9.59 Å². The molecule has 19 heavy (non-hydrogen) atoms. The number of carbonyl (C=O) groups is 2. The summed E-state index contributed by atoms with van der Waals surface area (Å²) < 4.78 is 0. The van der Waals surface area contributed by atoms with E-state index < -0.39 is 17.4 Å². The van der Waals surface area contributed by atoms with Gasteiger partial charge in [0.05, 0.1) is 0 Å². The number of hydrogen-bond acceptors (Lipinski definition) is 2. The molecule has 0 heterocycles. The van der Waals surface area contributed by atoms with Crippen molar-refractivity contribution in [1.82, 2.24) is 0 Å². The van der Waals surface area contributed by atoms with E-state index in [4.69, 9.17) is 0 Å². The van der Waals surface area contributed by atoms with Gasteiger partial charge in [0, 0.05) is 0 Å². The smallest absolute Gasteiger partial charge is 1.00 e. The molecule has 0 saturated heterocycles. The van der Waals surface area contributed by atoms with Crippen molar-refractivity contribution in [2.45, 2.75) is 58.8 Å². The Kier molecular flexibility index (Phi) is 8.25. The molecule has 1 fully saturated rings. The van der Waals surface area contributed by atoms with Crippen LogP contribution in [0.5, 0.6) is 0 Å². The van der Waals surface area contributed by atoms with Gasteiger partial charge in [-0.2, -0.15) is 0 Å². The topological polar surface area (TPSA) is 74.6 Å². The summed E-state index contributed by atoms with van der Waals surface area (Å²) in [6.07, 6.45) is 5.66. The molecule has 2 N–H and O–H groups in total. The first-order valence-electron chi connectivity index (χ1n) is 6.98. The molecule has 0 spiro atoms. The van der Waals surface area contributed by atoms with Crippen LogP contribution in [0.2, 0.25) is 0 Å². The van der Waals surface area contributed by atoms with Crippen molar-refractivity contribution in [3.8, 4) is 0 Å². The van der Waals surface area contributed by atoms with Crippen molar-refractivity contribution >= 4 is 11.9 Å². The van der Waals surface area contributed by atoms with Crippen molar-refractivity contribution in [3.63, 3.8) is 0 Å². The Morgan fingerprint density at radius 2 is 1.53 bits per heavy atom. The number of hydrogen-bond donors (Lipinski definition) is 2. The molecule has 0 atom stereocenters. The van der Waals surface area contributed by atoms with Crippen molar-refractivity contribution < 1.29 is 50.8 Å². The van der Waals surface area contributed by atoms with Crippen LogP contribution in [0.1, 0.15) is 60.2 Å². The van der Waals surface area contributed by atoms with Crippen molar-refractivity contribution in [3.05, 3.63) is 0 Å². The molecule has 5 heteroatoms. The molecule has 0 aromatic rings. The van der Waals surface area contributed by atoms with Gasteiger partial charge in [-0.15, -0.1) is 0 Å². The van der Waals surface area contributed by atoms with Gasteiger partial charge in [-0.1, -0.05) is 46.0 Å². The fraction of sp³-hybridized carbons (Fsp3) is 0.857. The second-order valence-corrected chi connectivity index (χ2v) is 5.33. The second-order valence-electron chi connectivity index (χ2n) is 5.33. The molecule has 0 aromatic carbocycles. The summed E-state index contributed by atoms with van der Waals surface area (Å²) in [6.45, 7) is 3.77. The molecule has 1 rings (SSSR count). The molecule has 106 valence electrons. The summed E-state index contributed by atoms with van der Waals surface area (Å²) in [7, 11) is 0. The van der Waals surface area contributed by atoms with Gasteiger partial charge in [-0.25, -0.2) is 0 Å². The first-order chi connectivity index (χ1) is 8.51. The second kappa shape index (κ2) is 8.28. The van der Waals surface area contributed by atoms with Crippen LogP contribution >= 0.6 is 0 Å². The van der Waals surface area contributed by atoms with Crippen molar-refractivity contribution in [2.24, 2.45) is 17.3 Å². The third-order valence-corrected chi connectivity index (χ3v) is 4.59. The Balaban J connectivity index is 0. The molecule has 1 saturated carbocycles. The number of rotatable bonds is 6. The SMILES string of the molecule is CCC(CC)C(C(=O)O)(C(=O)O)C1CCCCC1.[H-].[Na+]. The van der Waals surface area contributed by atoms with Crippen LogP contribution in [0.4, 0.5) is 0 Å². The van der Waals surface area contributed by atoms with Crippen LogP contribution in [0.3, 0.4) is 0 Å². The van der Waals surface area contributed by atoms with E-state index in [9.17, 15) is 19.8 Å². The van der Waals surface area contributed by atoms with Crippen LogP contribution in [-0.4, -0.2) is 22.2 Å². The standard InChI is InChI=1S/C14H24O4.Na.H/c1-3-10(4-2)14(12(15)16,13(17)18)11-8-6-5-7-9-11;;/h10-11H,3-9H2,1-2H3,(H,15,16)(H,17,18);;/q;+1;-1. The van der Waals surface area contributed by atoms with Gasteiger partial charge < -0.3 is 11.6 Å². The summed E-state index contributed by atoms with van der Waals surface area (Å²) in [5.74, 6) is -2.78. The molecule has 0 aromatic heterocycles. The monoisotopic (exact) mass is 280 g/mol. The Morgan fingerprint density at radius 3 is 1.84 bits per heavy atom. The van der Waals surface area contributed by atoms with Crippen LogP contribution in [0.25, 0.3) is 0 Å². The summed E-state index contributed by atoms with van der Waals surface area (Å²) >= 11 is 0. The van der Waals surface area contributed by atoms with E-state index in [1.165, 1.54) is 0 Å². The molecule has 0 bridgehead atoms. The van der Waals surface area contributed by atoms with Gasteiger partial charge in [0.2, 0.25) is 0 Å². The Bertz CT molecular complexity index is 298. The molecule has 4 nitrogen and oxygen atoms in total. The molecule has 1 aliphatic rings. The van der Waals surface area contributed by atoms with Gasteiger partial charge in [0.25, 0.3) is 0 Å². The normalized spacial score (nSPS) is 17.0. The third-order valence-electron chi connectivity index (χ3n) is 4.59. The molecule has 0 amide bonds. The van der Waals surface area contributed by atoms with E-state index >= 15 is 0 Å². The molecule has 0 unspecified atom stereocenters. The van der Waals surface area contributed by atoms with E-state index in [1.807, 2.05) is 13.8 Å². The number of aliphatic carboxylic acids is 2.